The number of hydrogen-bond donors (Lipinski definition) is 1. The predicted molar refractivity (Wildman–Crippen MR) is 96.1 cm³/mol. The molecule has 26 heavy (non-hydrogen) atoms. The fourth-order valence-electron chi connectivity index (χ4n) is 2.64. The van der Waals surface area contributed by atoms with Crippen LogP contribution >= 0.6 is 0 Å². The van der Waals surface area contributed by atoms with Crippen molar-refractivity contribution in [2.24, 2.45) is 7.05 Å². The second-order valence-electron chi connectivity index (χ2n) is 5.75. The van der Waals surface area contributed by atoms with E-state index in [9.17, 15) is 9.18 Å². The molecule has 0 unspecified atom stereocenters. The third kappa shape index (κ3) is 3.02. The van der Waals surface area contributed by atoms with Gasteiger partial charge in [0.05, 0.1) is 5.69 Å². The number of amides is 1. The van der Waals surface area contributed by atoms with Gasteiger partial charge in [-0.1, -0.05) is 0 Å². The SMILES string of the molecule is Cn1nc(-c2ccc(F)cc2)cc1C(=O)Nc1ccc2cccnc2n1. The average molecular weight is 347 g/mol. The van der Waals surface area contributed by atoms with Crippen molar-refractivity contribution in [3.63, 3.8) is 0 Å². The number of nitrogens with one attached hydrogen (secondary N) is 1. The molecule has 7 heteroatoms. The molecule has 0 atom stereocenters. The number of aromatic nitrogens is 4. The molecule has 1 aromatic carbocycles. The van der Waals surface area contributed by atoms with Gasteiger partial charge in [0, 0.05) is 24.2 Å². The standard InChI is InChI=1S/C19H14FN5O/c1-25-16(11-15(24-25)12-4-7-14(20)8-5-12)19(26)23-17-9-6-13-3-2-10-21-18(13)22-17/h2-11H,1H3,(H,21,22,23,26). The van der Waals surface area contributed by atoms with Gasteiger partial charge in [0.25, 0.3) is 5.91 Å². The van der Waals surface area contributed by atoms with Gasteiger partial charge in [-0.25, -0.2) is 14.4 Å². The van der Waals surface area contributed by atoms with E-state index in [1.165, 1.54) is 16.8 Å². The van der Waals surface area contributed by atoms with E-state index in [1.807, 2.05) is 18.2 Å². The lowest BCUT2D eigenvalue weighted by Crippen LogP contribution is -2.16. The van der Waals surface area contributed by atoms with Crippen molar-refractivity contribution in [2.45, 2.75) is 0 Å². The number of aryl methyl sites for hydroxylation is 1. The summed E-state index contributed by atoms with van der Waals surface area (Å²) in [5.74, 6) is -0.250. The molecule has 0 bridgehead atoms. The zero-order chi connectivity index (χ0) is 18.1. The molecule has 0 fully saturated rings. The first-order chi connectivity index (χ1) is 12.6. The molecule has 0 saturated heterocycles. The van der Waals surface area contributed by atoms with Gasteiger partial charge in [-0.15, -0.1) is 0 Å². The molecule has 6 nitrogen and oxygen atoms in total. The number of carbonyl (C=O) groups is 1. The van der Waals surface area contributed by atoms with Crippen LogP contribution in [0, 0.1) is 5.82 Å². The molecule has 0 saturated carbocycles. The minimum atomic E-state index is -0.337. The highest BCUT2D eigenvalue weighted by atomic mass is 19.1. The van der Waals surface area contributed by atoms with Crippen LogP contribution in [0.5, 0.6) is 0 Å². The largest absolute Gasteiger partial charge is 0.305 e. The summed E-state index contributed by atoms with van der Waals surface area (Å²) in [5.41, 5.74) is 2.24. The van der Waals surface area contributed by atoms with Crippen LogP contribution in [-0.2, 0) is 7.05 Å². The Morgan fingerprint density at radius 3 is 2.73 bits per heavy atom. The summed E-state index contributed by atoms with van der Waals surface area (Å²) < 4.78 is 14.5. The maximum atomic E-state index is 13.1. The predicted octanol–water partition coefficient (Wildman–Crippen LogP) is 3.42. The summed E-state index contributed by atoms with van der Waals surface area (Å²) in [6.07, 6.45) is 1.65. The summed E-state index contributed by atoms with van der Waals surface area (Å²) in [6.45, 7) is 0. The first kappa shape index (κ1) is 15.9. The number of fused-ring (bicyclic) bond motifs is 1. The van der Waals surface area contributed by atoms with Crippen LogP contribution in [0.25, 0.3) is 22.3 Å². The zero-order valence-corrected chi connectivity index (χ0v) is 13.8. The maximum absolute atomic E-state index is 13.1. The molecule has 0 radical (unpaired) electrons. The Morgan fingerprint density at radius 2 is 1.92 bits per heavy atom. The van der Waals surface area contributed by atoms with Crippen LogP contribution in [0.15, 0.2) is 60.8 Å². The molecule has 4 rings (SSSR count). The van der Waals surface area contributed by atoms with Crippen LogP contribution in [0.2, 0.25) is 0 Å². The third-order valence-electron chi connectivity index (χ3n) is 3.96. The van der Waals surface area contributed by atoms with Crippen molar-refractivity contribution in [1.82, 2.24) is 19.7 Å². The van der Waals surface area contributed by atoms with Crippen molar-refractivity contribution in [3.8, 4) is 11.3 Å². The molecule has 4 aromatic rings. The fourth-order valence-corrected chi connectivity index (χ4v) is 2.64. The highest BCUT2D eigenvalue weighted by Crippen LogP contribution is 2.20. The molecule has 128 valence electrons. The third-order valence-corrected chi connectivity index (χ3v) is 3.96. The molecule has 1 amide bonds. The molecule has 0 aliphatic rings. The van der Waals surface area contributed by atoms with Crippen molar-refractivity contribution >= 4 is 22.8 Å². The summed E-state index contributed by atoms with van der Waals surface area (Å²) in [5, 5.41) is 7.97. The Hall–Kier alpha value is -3.61. The van der Waals surface area contributed by atoms with Gasteiger partial charge in [0.2, 0.25) is 0 Å². The Balaban J connectivity index is 1.60. The van der Waals surface area contributed by atoms with Gasteiger partial charge in [-0.2, -0.15) is 5.10 Å². The molecule has 1 N–H and O–H groups in total. The minimum Gasteiger partial charge on any atom is -0.305 e. The highest BCUT2D eigenvalue weighted by Gasteiger charge is 2.15. The van der Waals surface area contributed by atoms with Gasteiger partial charge < -0.3 is 5.32 Å². The van der Waals surface area contributed by atoms with Crippen LogP contribution < -0.4 is 5.32 Å². The van der Waals surface area contributed by atoms with Gasteiger partial charge >= 0.3 is 0 Å². The molecule has 0 aliphatic carbocycles. The van der Waals surface area contributed by atoms with Gasteiger partial charge in [-0.3, -0.25) is 9.48 Å². The summed E-state index contributed by atoms with van der Waals surface area (Å²) in [6, 6.07) is 14.9. The van der Waals surface area contributed by atoms with Crippen molar-refractivity contribution in [1.29, 1.82) is 0 Å². The lowest BCUT2D eigenvalue weighted by molar-refractivity contribution is 0.101. The van der Waals surface area contributed by atoms with E-state index in [1.54, 1.807) is 37.5 Å². The number of pyridine rings is 2. The number of hydrogen-bond acceptors (Lipinski definition) is 4. The van der Waals surface area contributed by atoms with Gasteiger partial charge in [0.1, 0.15) is 17.3 Å². The quantitative estimate of drug-likeness (QED) is 0.616. The average Bonchev–Trinajstić information content (AvgIpc) is 3.04. The molecule has 0 aliphatic heterocycles. The van der Waals surface area contributed by atoms with E-state index in [4.69, 9.17) is 0 Å². The summed E-state index contributed by atoms with van der Waals surface area (Å²) in [7, 11) is 1.68. The second-order valence-corrected chi connectivity index (χ2v) is 5.75. The smallest absolute Gasteiger partial charge is 0.275 e. The summed E-state index contributed by atoms with van der Waals surface area (Å²) in [4.78, 5) is 21.1. The second kappa shape index (κ2) is 6.36. The highest BCUT2D eigenvalue weighted by molar-refractivity contribution is 6.03. The van der Waals surface area contributed by atoms with E-state index < -0.39 is 0 Å². The first-order valence-electron chi connectivity index (χ1n) is 7.93. The lowest BCUT2D eigenvalue weighted by atomic mass is 10.1. The van der Waals surface area contributed by atoms with Crippen LogP contribution in [0.4, 0.5) is 10.2 Å². The van der Waals surface area contributed by atoms with E-state index >= 15 is 0 Å². The van der Waals surface area contributed by atoms with Crippen molar-refractivity contribution < 1.29 is 9.18 Å². The minimum absolute atomic E-state index is 0.321. The first-order valence-corrected chi connectivity index (χ1v) is 7.93. The van der Waals surface area contributed by atoms with Crippen molar-refractivity contribution in [3.05, 3.63) is 72.3 Å². The number of anilines is 1. The Kier molecular flexibility index (Phi) is 3.89. The van der Waals surface area contributed by atoms with E-state index in [-0.39, 0.29) is 11.7 Å². The maximum Gasteiger partial charge on any atom is 0.275 e. The number of rotatable bonds is 3. The number of nitrogens with zero attached hydrogens (tertiary/aromatic N) is 4. The van der Waals surface area contributed by atoms with Gasteiger partial charge in [0.15, 0.2) is 5.65 Å². The topological polar surface area (TPSA) is 72.7 Å². The number of carbonyl (C=O) groups excluding carboxylic acids is 1. The normalized spacial score (nSPS) is 10.8. The number of halogens is 1. The lowest BCUT2D eigenvalue weighted by Gasteiger charge is -2.05. The Morgan fingerprint density at radius 1 is 1.12 bits per heavy atom. The molecule has 3 heterocycles. The Bertz CT molecular complexity index is 1100. The van der Waals surface area contributed by atoms with E-state index in [0.717, 1.165) is 10.9 Å². The van der Waals surface area contributed by atoms with Crippen LogP contribution in [-0.4, -0.2) is 25.7 Å². The zero-order valence-electron chi connectivity index (χ0n) is 13.8. The van der Waals surface area contributed by atoms with E-state index in [0.29, 0.717) is 22.9 Å². The molecular weight excluding hydrogens is 333 g/mol. The molecule has 3 aromatic heterocycles. The fraction of sp³-hybridized carbons (Fsp3) is 0.0526. The van der Waals surface area contributed by atoms with Crippen molar-refractivity contribution in [2.75, 3.05) is 5.32 Å². The van der Waals surface area contributed by atoms with E-state index in [2.05, 4.69) is 20.4 Å². The number of benzene rings is 1. The molecule has 0 spiro atoms. The monoisotopic (exact) mass is 347 g/mol. The Labute approximate surface area is 148 Å². The molecular formula is C19H14FN5O. The van der Waals surface area contributed by atoms with Gasteiger partial charge in [-0.05, 0) is 54.6 Å². The summed E-state index contributed by atoms with van der Waals surface area (Å²) >= 11 is 0. The van der Waals surface area contributed by atoms with Crippen LogP contribution in [0.1, 0.15) is 10.5 Å². The van der Waals surface area contributed by atoms with Crippen LogP contribution in [0.3, 0.4) is 0 Å².